The van der Waals surface area contributed by atoms with E-state index in [2.05, 4.69) is 0 Å². The van der Waals surface area contributed by atoms with E-state index < -0.39 is 22.1 Å². The molecule has 110 valence electrons. The summed E-state index contributed by atoms with van der Waals surface area (Å²) in [5.74, 6) is -1.21. The topological polar surface area (TPSA) is 83.9 Å². The third kappa shape index (κ3) is 2.91. The number of halogens is 2. The van der Waals surface area contributed by atoms with Crippen molar-refractivity contribution in [2.75, 3.05) is 19.7 Å². The van der Waals surface area contributed by atoms with E-state index in [1.807, 2.05) is 0 Å². The number of carboxylic acids is 1. The largest absolute Gasteiger partial charge is 0.479 e. The number of carbonyl (C=O) groups is 1. The zero-order valence-corrected chi connectivity index (χ0v) is 12.5. The summed E-state index contributed by atoms with van der Waals surface area (Å²) in [6.07, 6.45) is -1.19. The molecule has 0 aliphatic carbocycles. The number of hydrogen-bond acceptors (Lipinski definition) is 4. The highest BCUT2D eigenvalue weighted by atomic mass is 35.5. The molecule has 1 fully saturated rings. The molecule has 9 heteroatoms. The molecule has 1 N–H and O–H groups in total. The molecule has 1 unspecified atom stereocenters. The van der Waals surface area contributed by atoms with Gasteiger partial charge in [0.1, 0.15) is 4.90 Å². The molecule has 6 nitrogen and oxygen atoms in total. The van der Waals surface area contributed by atoms with Gasteiger partial charge in [-0.3, -0.25) is 0 Å². The molecule has 1 saturated heterocycles. The van der Waals surface area contributed by atoms with E-state index in [0.717, 1.165) is 4.31 Å². The average Bonchev–Trinajstić information content (AvgIpc) is 2.38. The summed E-state index contributed by atoms with van der Waals surface area (Å²) in [6, 6.07) is 4.36. The Balaban J connectivity index is 2.38. The van der Waals surface area contributed by atoms with Gasteiger partial charge in [0.2, 0.25) is 10.0 Å². The lowest BCUT2D eigenvalue weighted by molar-refractivity contribution is -0.153. The minimum absolute atomic E-state index is 0.00172. The second-order valence-electron chi connectivity index (χ2n) is 4.11. The zero-order valence-electron chi connectivity index (χ0n) is 10.1. The van der Waals surface area contributed by atoms with E-state index in [1.165, 1.54) is 18.2 Å². The van der Waals surface area contributed by atoms with Gasteiger partial charge >= 0.3 is 5.97 Å². The zero-order chi connectivity index (χ0) is 14.9. The van der Waals surface area contributed by atoms with Gasteiger partial charge in [-0.1, -0.05) is 29.3 Å². The van der Waals surface area contributed by atoms with Crippen molar-refractivity contribution >= 4 is 39.2 Å². The van der Waals surface area contributed by atoms with Crippen LogP contribution >= 0.6 is 23.2 Å². The van der Waals surface area contributed by atoms with Gasteiger partial charge in [-0.15, -0.1) is 0 Å². The highest BCUT2D eigenvalue weighted by Crippen LogP contribution is 2.32. The molecule has 1 aromatic rings. The number of benzene rings is 1. The molecular weight excluding hydrogens is 329 g/mol. The van der Waals surface area contributed by atoms with E-state index >= 15 is 0 Å². The lowest BCUT2D eigenvalue weighted by Gasteiger charge is -2.30. The fourth-order valence-electron chi connectivity index (χ4n) is 1.85. The summed E-state index contributed by atoms with van der Waals surface area (Å²) in [6.45, 7) is -0.231. The summed E-state index contributed by atoms with van der Waals surface area (Å²) in [7, 11) is -3.96. The summed E-state index contributed by atoms with van der Waals surface area (Å²) in [5, 5.41) is 8.90. The second kappa shape index (κ2) is 5.87. The van der Waals surface area contributed by atoms with E-state index in [4.69, 9.17) is 33.0 Å². The maximum Gasteiger partial charge on any atom is 0.334 e. The number of sulfonamides is 1. The molecule has 1 aromatic carbocycles. The first-order chi connectivity index (χ1) is 9.34. The van der Waals surface area contributed by atoms with Crippen LogP contribution in [0.5, 0.6) is 0 Å². The van der Waals surface area contributed by atoms with E-state index in [-0.39, 0.29) is 34.6 Å². The number of ether oxygens (including phenoxy) is 1. The number of carboxylic acid groups (broad SMARTS) is 1. The summed E-state index contributed by atoms with van der Waals surface area (Å²) in [4.78, 5) is 10.7. The monoisotopic (exact) mass is 339 g/mol. The third-order valence-corrected chi connectivity index (χ3v) is 5.64. The van der Waals surface area contributed by atoms with Crippen LogP contribution in [0.3, 0.4) is 0 Å². The van der Waals surface area contributed by atoms with E-state index in [1.54, 1.807) is 0 Å². The van der Waals surface area contributed by atoms with Crippen molar-refractivity contribution in [1.29, 1.82) is 0 Å². The van der Waals surface area contributed by atoms with Crippen LogP contribution in [-0.2, 0) is 19.6 Å². The molecular formula is C11H11Cl2NO5S. The molecule has 0 aromatic heterocycles. The van der Waals surface area contributed by atoms with Crippen LogP contribution in [0.25, 0.3) is 0 Å². The number of aliphatic carboxylic acids is 1. The van der Waals surface area contributed by atoms with Crippen LogP contribution in [0, 0.1) is 0 Å². The Morgan fingerprint density at radius 2 is 1.95 bits per heavy atom. The fourth-order valence-corrected chi connectivity index (χ4v) is 4.37. The molecule has 1 aliphatic heterocycles. The number of morpholine rings is 1. The third-order valence-electron chi connectivity index (χ3n) is 2.82. The molecule has 1 heterocycles. The molecule has 1 aliphatic rings. The molecule has 20 heavy (non-hydrogen) atoms. The molecule has 0 saturated carbocycles. The lowest BCUT2D eigenvalue weighted by atomic mass is 10.3. The summed E-state index contributed by atoms with van der Waals surface area (Å²) < 4.78 is 31.0. The Bertz CT molecular complexity index is 613. The molecule has 0 bridgehead atoms. The standard InChI is InChI=1S/C11H11Cl2NO5S/c12-7-2-1-3-8(13)10(7)20(17,18)14-4-5-19-9(6-14)11(15)16/h1-3,9H,4-6H2,(H,15,16). The van der Waals surface area contributed by atoms with Crippen molar-refractivity contribution in [3.05, 3.63) is 28.2 Å². The lowest BCUT2D eigenvalue weighted by Crippen LogP contribution is -2.48. The van der Waals surface area contributed by atoms with E-state index in [0.29, 0.717) is 0 Å². The molecule has 2 rings (SSSR count). The minimum atomic E-state index is -3.96. The van der Waals surface area contributed by atoms with Gasteiger partial charge in [-0.25, -0.2) is 13.2 Å². The van der Waals surface area contributed by atoms with Crippen LogP contribution in [0.15, 0.2) is 23.1 Å². The van der Waals surface area contributed by atoms with Gasteiger partial charge < -0.3 is 9.84 Å². The Kier molecular flexibility index (Phi) is 4.55. The Labute approximate surface area is 125 Å². The first kappa shape index (κ1) is 15.5. The van der Waals surface area contributed by atoms with Crippen LogP contribution in [0.4, 0.5) is 0 Å². The van der Waals surface area contributed by atoms with Crippen LogP contribution in [-0.4, -0.2) is 49.6 Å². The van der Waals surface area contributed by atoms with Crippen molar-refractivity contribution in [1.82, 2.24) is 4.31 Å². The summed E-state index contributed by atoms with van der Waals surface area (Å²) >= 11 is 11.8. The quantitative estimate of drug-likeness (QED) is 0.901. The number of nitrogens with zero attached hydrogens (tertiary/aromatic N) is 1. The van der Waals surface area contributed by atoms with Gasteiger partial charge in [-0.05, 0) is 12.1 Å². The van der Waals surface area contributed by atoms with E-state index in [9.17, 15) is 13.2 Å². The SMILES string of the molecule is O=C(O)C1CN(S(=O)(=O)c2c(Cl)cccc2Cl)CCO1. The van der Waals surface area contributed by atoms with Crippen molar-refractivity contribution in [3.63, 3.8) is 0 Å². The first-order valence-electron chi connectivity index (χ1n) is 5.62. The van der Waals surface area contributed by atoms with Crippen LogP contribution in [0.1, 0.15) is 0 Å². The highest BCUT2D eigenvalue weighted by molar-refractivity contribution is 7.89. The predicted octanol–water partition coefficient (Wildman–Crippen LogP) is 1.47. The molecule has 0 radical (unpaired) electrons. The Hall–Kier alpha value is -0.860. The van der Waals surface area contributed by atoms with Crippen molar-refractivity contribution in [2.45, 2.75) is 11.0 Å². The highest BCUT2D eigenvalue weighted by Gasteiger charge is 2.36. The normalized spacial score (nSPS) is 20.8. The molecule has 0 amide bonds. The van der Waals surface area contributed by atoms with Gasteiger partial charge in [0, 0.05) is 6.54 Å². The minimum Gasteiger partial charge on any atom is -0.479 e. The van der Waals surface area contributed by atoms with Crippen LogP contribution in [0.2, 0.25) is 10.0 Å². The molecule has 0 spiro atoms. The second-order valence-corrected chi connectivity index (χ2v) is 6.80. The van der Waals surface area contributed by atoms with Gasteiger partial charge in [-0.2, -0.15) is 4.31 Å². The van der Waals surface area contributed by atoms with Gasteiger partial charge in [0.05, 0.1) is 23.2 Å². The Morgan fingerprint density at radius 1 is 1.35 bits per heavy atom. The predicted molar refractivity (Wildman–Crippen MR) is 72.6 cm³/mol. The number of hydrogen-bond donors (Lipinski definition) is 1. The van der Waals surface area contributed by atoms with Crippen molar-refractivity contribution < 1.29 is 23.1 Å². The average molecular weight is 340 g/mol. The van der Waals surface area contributed by atoms with Crippen molar-refractivity contribution in [3.8, 4) is 0 Å². The molecule has 1 atom stereocenters. The van der Waals surface area contributed by atoms with Crippen molar-refractivity contribution in [2.24, 2.45) is 0 Å². The maximum absolute atomic E-state index is 12.5. The van der Waals surface area contributed by atoms with Gasteiger partial charge in [0.25, 0.3) is 0 Å². The summed E-state index contributed by atoms with van der Waals surface area (Å²) in [5.41, 5.74) is 0. The first-order valence-corrected chi connectivity index (χ1v) is 7.82. The number of rotatable bonds is 3. The van der Waals surface area contributed by atoms with Gasteiger partial charge in [0.15, 0.2) is 6.10 Å². The fraction of sp³-hybridized carbons (Fsp3) is 0.364. The van der Waals surface area contributed by atoms with Crippen LogP contribution < -0.4 is 0 Å². The smallest absolute Gasteiger partial charge is 0.334 e. The Morgan fingerprint density at radius 3 is 2.50 bits per heavy atom. The maximum atomic E-state index is 12.5.